The van der Waals surface area contributed by atoms with Crippen LogP contribution >= 0.6 is 0 Å². The number of hydrogen-bond acceptors (Lipinski definition) is 1. The highest BCUT2D eigenvalue weighted by Crippen LogP contribution is 2.14. The molecular weight excluding hydrogens is 292 g/mol. The number of aromatic nitrogens is 1. The molecular formula is C22H23N2+. The largest absolute Gasteiger partial charge is 0.378 e. The zero-order chi connectivity index (χ0) is 16.8. The van der Waals surface area contributed by atoms with E-state index in [-0.39, 0.29) is 0 Å². The van der Waals surface area contributed by atoms with Crippen LogP contribution in [0.4, 0.5) is 5.69 Å². The van der Waals surface area contributed by atoms with Crippen molar-refractivity contribution in [3.05, 3.63) is 95.8 Å². The van der Waals surface area contributed by atoms with Crippen LogP contribution < -0.4 is 9.47 Å². The maximum atomic E-state index is 2.26. The molecule has 0 aliphatic rings. The molecule has 0 saturated carbocycles. The van der Waals surface area contributed by atoms with Crippen molar-refractivity contribution in [2.24, 2.45) is 0 Å². The van der Waals surface area contributed by atoms with Gasteiger partial charge in [0.25, 0.3) is 0 Å². The Balaban J connectivity index is 1.79. The van der Waals surface area contributed by atoms with E-state index in [1.165, 1.54) is 22.5 Å². The van der Waals surface area contributed by atoms with E-state index in [1.807, 2.05) is 0 Å². The summed E-state index contributed by atoms with van der Waals surface area (Å²) in [4.78, 5) is 2.11. The van der Waals surface area contributed by atoms with Crippen molar-refractivity contribution >= 4 is 17.8 Å². The number of rotatable bonds is 5. The summed E-state index contributed by atoms with van der Waals surface area (Å²) < 4.78 is 2.26. The Kier molecular flexibility index (Phi) is 5.07. The highest BCUT2D eigenvalue weighted by molar-refractivity contribution is 5.68. The minimum absolute atomic E-state index is 0.876. The van der Waals surface area contributed by atoms with E-state index >= 15 is 0 Å². The van der Waals surface area contributed by atoms with Crippen LogP contribution in [0.25, 0.3) is 12.2 Å². The van der Waals surface area contributed by atoms with Crippen LogP contribution in [0.15, 0.2) is 79.0 Å². The molecule has 2 aromatic carbocycles. The molecule has 0 aliphatic heterocycles. The standard InChI is InChI=1S/C22H23N2/c1-23(2)21-14-11-19(12-15-21)13-16-22-10-6-7-17-24(22)18-20-8-4-3-5-9-20/h3-17H,18H2,1-2H3/q+1. The quantitative estimate of drug-likeness (QED) is 0.638. The van der Waals surface area contributed by atoms with E-state index < -0.39 is 0 Å². The fourth-order valence-electron chi connectivity index (χ4n) is 2.63. The molecule has 1 aromatic heterocycles. The minimum Gasteiger partial charge on any atom is -0.378 e. The molecule has 3 aromatic rings. The summed E-state index contributed by atoms with van der Waals surface area (Å²) in [5.74, 6) is 0. The summed E-state index contributed by atoms with van der Waals surface area (Å²) in [6.07, 6.45) is 6.46. The summed E-state index contributed by atoms with van der Waals surface area (Å²) in [6.45, 7) is 0.876. The third-order valence-corrected chi connectivity index (χ3v) is 4.03. The lowest BCUT2D eigenvalue weighted by atomic mass is 10.1. The molecule has 0 spiro atoms. The molecule has 24 heavy (non-hydrogen) atoms. The van der Waals surface area contributed by atoms with Gasteiger partial charge in [-0.1, -0.05) is 42.5 Å². The summed E-state index contributed by atoms with van der Waals surface area (Å²) in [5.41, 5.74) is 4.92. The third-order valence-electron chi connectivity index (χ3n) is 4.03. The maximum Gasteiger partial charge on any atom is 0.205 e. The zero-order valence-corrected chi connectivity index (χ0v) is 14.3. The Labute approximate surface area is 144 Å². The van der Waals surface area contributed by atoms with Crippen LogP contribution in [0.2, 0.25) is 0 Å². The lowest BCUT2D eigenvalue weighted by molar-refractivity contribution is -0.690. The molecule has 0 atom stereocenters. The monoisotopic (exact) mass is 315 g/mol. The van der Waals surface area contributed by atoms with Crippen molar-refractivity contribution in [1.82, 2.24) is 0 Å². The van der Waals surface area contributed by atoms with Gasteiger partial charge in [-0.15, -0.1) is 0 Å². The Morgan fingerprint density at radius 2 is 1.50 bits per heavy atom. The molecule has 0 amide bonds. The highest BCUT2D eigenvalue weighted by Gasteiger charge is 2.07. The molecule has 0 saturated heterocycles. The molecule has 1 heterocycles. The average Bonchev–Trinajstić information content (AvgIpc) is 2.62. The smallest absolute Gasteiger partial charge is 0.205 e. The van der Waals surface area contributed by atoms with Crippen molar-refractivity contribution in [3.8, 4) is 0 Å². The van der Waals surface area contributed by atoms with Crippen LogP contribution in [-0.4, -0.2) is 14.1 Å². The molecule has 2 heteroatoms. The Morgan fingerprint density at radius 1 is 0.792 bits per heavy atom. The summed E-state index contributed by atoms with van der Waals surface area (Å²) >= 11 is 0. The molecule has 0 radical (unpaired) electrons. The second kappa shape index (κ2) is 7.60. The lowest BCUT2D eigenvalue weighted by Gasteiger charge is -2.11. The molecule has 120 valence electrons. The molecule has 0 aliphatic carbocycles. The highest BCUT2D eigenvalue weighted by atomic mass is 15.1. The van der Waals surface area contributed by atoms with Gasteiger partial charge in [0.1, 0.15) is 0 Å². The van der Waals surface area contributed by atoms with Gasteiger partial charge in [-0.2, -0.15) is 4.57 Å². The van der Waals surface area contributed by atoms with Crippen LogP contribution in [0.1, 0.15) is 16.8 Å². The predicted molar refractivity (Wildman–Crippen MR) is 102 cm³/mol. The first-order valence-corrected chi connectivity index (χ1v) is 8.20. The topological polar surface area (TPSA) is 7.12 Å². The zero-order valence-electron chi connectivity index (χ0n) is 14.3. The maximum absolute atomic E-state index is 2.26. The molecule has 3 rings (SSSR count). The summed E-state index contributed by atoms with van der Waals surface area (Å²) in [6, 6.07) is 25.4. The first-order chi connectivity index (χ1) is 11.7. The number of anilines is 1. The normalized spacial score (nSPS) is 10.9. The number of hydrogen-bond donors (Lipinski definition) is 0. The van der Waals surface area contributed by atoms with E-state index in [2.05, 4.69) is 115 Å². The Morgan fingerprint density at radius 3 is 2.21 bits per heavy atom. The summed E-state index contributed by atoms with van der Waals surface area (Å²) in [7, 11) is 4.11. The van der Waals surface area contributed by atoms with Gasteiger partial charge in [-0.25, -0.2) is 0 Å². The Bertz CT molecular complexity index is 803. The SMILES string of the molecule is CN(C)c1ccc(C=Cc2cccc[n+]2Cc2ccccc2)cc1. The van der Waals surface area contributed by atoms with Crippen molar-refractivity contribution in [2.75, 3.05) is 19.0 Å². The van der Waals surface area contributed by atoms with Gasteiger partial charge < -0.3 is 4.90 Å². The molecule has 0 unspecified atom stereocenters. The fraction of sp³-hybridized carbons (Fsp3) is 0.136. The van der Waals surface area contributed by atoms with Gasteiger partial charge in [-0.3, -0.25) is 0 Å². The van der Waals surface area contributed by atoms with Crippen molar-refractivity contribution in [2.45, 2.75) is 6.54 Å². The van der Waals surface area contributed by atoms with Crippen molar-refractivity contribution < 1.29 is 4.57 Å². The van der Waals surface area contributed by atoms with Crippen LogP contribution in [0.5, 0.6) is 0 Å². The Hall–Kier alpha value is -2.87. The van der Waals surface area contributed by atoms with Crippen LogP contribution in [0, 0.1) is 0 Å². The average molecular weight is 315 g/mol. The second-order valence-electron chi connectivity index (χ2n) is 6.06. The van der Waals surface area contributed by atoms with E-state index in [0.717, 1.165) is 6.54 Å². The molecule has 0 bridgehead atoms. The van der Waals surface area contributed by atoms with E-state index in [4.69, 9.17) is 0 Å². The van der Waals surface area contributed by atoms with Crippen LogP contribution in [0.3, 0.4) is 0 Å². The summed E-state index contributed by atoms with van der Waals surface area (Å²) in [5, 5.41) is 0. The van der Waals surface area contributed by atoms with Gasteiger partial charge in [0, 0.05) is 43.6 Å². The molecule has 2 nitrogen and oxygen atoms in total. The molecule has 0 fully saturated rings. The first kappa shape index (κ1) is 16.0. The van der Waals surface area contributed by atoms with Gasteiger partial charge in [0.05, 0.1) is 0 Å². The van der Waals surface area contributed by atoms with Crippen molar-refractivity contribution in [1.29, 1.82) is 0 Å². The van der Waals surface area contributed by atoms with Crippen LogP contribution in [-0.2, 0) is 6.54 Å². The van der Waals surface area contributed by atoms with Gasteiger partial charge in [-0.05, 0) is 29.8 Å². The number of benzene rings is 2. The van der Waals surface area contributed by atoms with Gasteiger partial charge >= 0.3 is 0 Å². The third kappa shape index (κ3) is 4.11. The van der Waals surface area contributed by atoms with Crippen molar-refractivity contribution in [3.63, 3.8) is 0 Å². The minimum atomic E-state index is 0.876. The number of pyridine rings is 1. The lowest BCUT2D eigenvalue weighted by Crippen LogP contribution is -2.36. The van der Waals surface area contributed by atoms with Gasteiger partial charge in [0.15, 0.2) is 12.7 Å². The van der Waals surface area contributed by atoms with E-state index in [1.54, 1.807) is 0 Å². The first-order valence-electron chi connectivity index (χ1n) is 8.20. The predicted octanol–water partition coefficient (Wildman–Crippen LogP) is 4.26. The van der Waals surface area contributed by atoms with E-state index in [0.29, 0.717) is 0 Å². The second-order valence-corrected chi connectivity index (χ2v) is 6.06. The van der Waals surface area contributed by atoms with Gasteiger partial charge in [0.2, 0.25) is 5.69 Å². The van der Waals surface area contributed by atoms with E-state index in [9.17, 15) is 0 Å². The number of nitrogens with zero attached hydrogens (tertiary/aromatic N) is 2. The fourth-order valence-corrected chi connectivity index (χ4v) is 2.63. The molecule has 0 N–H and O–H groups in total.